The first kappa shape index (κ1) is 12.0. The quantitative estimate of drug-likeness (QED) is 0.713. The number of ketones is 1. The summed E-state index contributed by atoms with van der Waals surface area (Å²) in [5, 5.41) is 0. The molecule has 0 amide bonds. The minimum absolute atomic E-state index is 0.236. The lowest BCUT2D eigenvalue weighted by Crippen LogP contribution is -2.57. The number of hydrogen-bond donors (Lipinski definition) is 0. The maximum absolute atomic E-state index is 12.3. The van der Waals surface area contributed by atoms with E-state index in [1.807, 2.05) is 0 Å². The summed E-state index contributed by atoms with van der Waals surface area (Å²) in [5.41, 5.74) is -0.236. The number of morpholine rings is 1. The van der Waals surface area contributed by atoms with Gasteiger partial charge < -0.3 is 9.47 Å². The molecule has 0 radical (unpaired) electrons. The molecule has 0 spiro atoms. The molecule has 1 heterocycles. The number of methoxy groups -OCH3 is 1. The van der Waals surface area contributed by atoms with Crippen LogP contribution < -0.4 is 0 Å². The first-order valence-electron chi connectivity index (χ1n) is 6.15. The Morgan fingerprint density at radius 2 is 1.94 bits per heavy atom. The zero-order valence-corrected chi connectivity index (χ0v) is 10.0. The van der Waals surface area contributed by atoms with Crippen LogP contribution in [0.3, 0.4) is 0 Å². The first-order valence-corrected chi connectivity index (χ1v) is 6.15. The molecule has 4 nitrogen and oxygen atoms in total. The van der Waals surface area contributed by atoms with Gasteiger partial charge in [0.1, 0.15) is 6.61 Å². The molecular weight excluding hydrogens is 206 g/mol. The second-order valence-corrected chi connectivity index (χ2v) is 4.69. The summed E-state index contributed by atoms with van der Waals surface area (Å²) in [4.78, 5) is 14.6. The van der Waals surface area contributed by atoms with Crippen molar-refractivity contribution >= 4 is 5.78 Å². The van der Waals surface area contributed by atoms with Crippen molar-refractivity contribution in [2.75, 3.05) is 40.0 Å². The van der Waals surface area contributed by atoms with Gasteiger partial charge in [-0.05, 0) is 12.8 Å². The van der Waals surface area contributed by atoms with Crippen molar-refractivity contribution in [2.45, 2.75) is 31.2 Å². The number of rotatable bonds is 4. The largest absolute Gasteiger partial charge is 0.379 e. The average molecular weight is 227 g/mol. The average Bonchev–Trinajstić information content (AvgIpc) is 2.81. The van der Waals surface area contributed by atoms with Crippen molar-refractivity contribution in [3.63, 3.8) is 0 Å². The lowest BCUT2D eigenvalue weighted by Gasteiger charge is -2.42. The molecule has 4 heteroatoms. The van der Waals surface area contributed by atoms with Crippen LogP contribution in [0.25, 0.3) is 0 Å². The fourth-order valence-corrected chi connectivity index (χ4v) is 2.99. The van der Waals surface area contributed by atoms with Crippen molar-refractivity contribution in [3.05, 3.63) is 0 Å². The summed E-state index contributed by atoms with van der Waals surface area (Å²) in [6, 6.07) is 0. The molecule has 92 valence electrons. The smallest absolute Gasteiger partial charge is 0.178 e. The highest BCUT2D eigenvalue weighted by atomic mass is 16.5. The molecule has 0 aromatic rings. The molecule has 0 N–H and O–H groups in total. The third kappa shape index (κ3) is 2.14. The minimum Gasteiger partial charge on any atom is -0.379 e. The van der Waals surface area contributed by atoms with E-state index in [9.17, 15) is 4.79 Å². The molecule has 16 heavy (non-hydrogen) atoms. The molecule has 0 aromatic heterocycles. The van der Waals surface area contributed by atoms with Crippen LogP contribution in [0.15, 0.2) is 0 Å². The normalized spacial score (nSPS) is 25.8. The van der Waals surface area contributed by atoms with Crippen molar-refractivity contribution in [1.82, 2.24) is 4.90 Å². The minimum atomic E-state index is -0.236. The predicted octanol–water partition coefficient (Wildman–Crippen LogP) is 0.847. The molecule has 0 aromatic carbocycles. The van der Waals surface area contributed by atoms with Crippen LogP contribution in [-0.2, 0) is 14.3 Å². The highest BCUT2D eigenvalue weighted by Crippen LogP contribution is 2.36. The lowest BCUT2D eigenvalue weighted by molar-refractivity contribution is -0.138. The van der Waals surface area contributed by atoms with E-state index in [1.54, 1.807) is 7.11 Å². The van der Waals surface area contributed by atoms with Gasteiger partial charge in [-0.15, -0.1) is 0 Å². The van der Waals surface area contributed by atoms with Gasteiger partial charge in [-0.25, -0.2) is 0 Å². The van der Waals surface area contributed by atoms with E-state index >= 15 is 0 Å². The molecule has 1 saturated heterocycles. The Bertz CT molecular complexity index is 243. The second kappa shape index (κ2) is 5.25. The number of ether oxygens (including phenoxy) is 2. The number of carbonyl (C=O) groups is 1. The number of nitrogens with zero attached hydrogens (tertiary/aromatic N) is 1. The SMILES string of the molecule is COCC(=O)C1(N2CCOCC2)CCCC1. The van der Waals surface area contributed by atoms with Crippen LogP contribution in [0.4, 0.5) is 0 Å². The van der Waals surface area contributed by atoms with E-state index in [0.717, 1.165) is 52.0 Å². The molecule has 2 fully saturated rings. The maximum atomic E-state index is 12.3. The number of carbonyl (C=O) groups excluding carboxylic acids is 1. The molecule has 0 atom stereocenters. The molecule has 1 aliphatic heterocycles. The summed E-state index contributed by atoms with van der Waals surface area (Å²) in [6.07, 6.45) is 4.31. The van der Waals surface area contributed by atoms with E-state index in [4.69, 9.17) is 9.47 Å². The Morgan fingerprint density at radius 1 is 1.31 bits per heavy atom. The Morgan fingerprint density at radius 3 is 2.50 bits per heavy atom. The zero-order chi connectivity index (χ0) is 11.4. The lowest BCUT2D eigenvalue weighted by atomic mass is 9.89. The number of hydrogen-bond acceptors (Lipinski definition) is 4. The summed E-state index contributed by atoms with van der Waals surface area (Å²) >= 11 is 0. The maximum Gasteiger partial charge on any atom is 0.178 e. The molecule has 1 aliphatic carbocycles. The Balaban J connectivity index is 2.10. The molecule has 0 unspecified atom stereocenters. The summed E-state index contributed by atoms with van der Waals surface area (Å²) < 4.78 is 10.4. The predicted molar refractivity (Wildman–Crippen MR) is 60.5 cm³/mol. The van der Waals surface area contributed by atoms with E-state index in [1.165, 1.54) is 0 Å². The topological polar surface area (TPSA) is 38.8 Å². The fraction of sp³-hybridized carbons (Fsp3) is 0.917. The van der Waals surface area contributed by atoms with Crippen molar-refractivity contribution in [3.8, 4) is 0 Å². The van der Waals surface area contributed by atoms with Gasteiger partial charge in [0.2, 0.25) is 0 Å². The van der Waals surface area contributed by atoms with E-state index < -0.39 is 0 Å². The van der Waals surface area contributed by atoms with Gasteiger partial charge >= 0.3 is 0 Å². The van der Waals surface area contributed by atoms with Crippen LogP contribution >= 0.6 is 0 Å². The molecule has 1 saturated carbocycles. The molecule has 0 bridgehead atoms. The number of Topliss-reactive ketones (excluding diaryl/α,β-unsaturated/α-hetero) is 1. The van der Waals surface area contributed by atoms with E-state index in [-0.39, 0.29) is 17.9 Å². The van der Waals surface area contributed by atoms with Gasteiger partial charge in [0.15, 0.2) is 5.78 Å². The fourth-order valence-electron chi connectivity index (χ4n) is 2.99. The van der Waals surface area contributed by atoms with Crippen LogP contribution in [0, 0.1) is 0 Å². The van der Waals surface area contributed by atoms with Crippen molar-refractivity contribution in [2.24, 2.45) is 0 Å². The highest BCUT2D eigenvalue weighted by molar-refractivity contribution is 5.89. The standard InChI is InChI=1S/C12H21NO3/c1-15-10-11(14)12(4-2-3-5-12)13-6-8-16-9-7-13/h2-10H2,1H3. The monoisotopic (exact) mass is 227 g/mol. The van der Waals surface area contributed by atoms with Crippen LogP contribution in [0.2, 0.25) is 0 Å². The van der Waals surface area contributed by atoms with Crippen LogP contribution in [0.5, 0.6) is 0 Å². The zero-order valence-electron chi connectivity index (χ0n) is 10.0. The van der Waals surface area contributed by atoms with Crippen molar-refractivity contribution in [1.29, 1.82) is 0 Å². The van der Waals surface area contributed by atoms with E-state index in [2.05, 4.69) is 4.90 Å². The molecular formula is C12H21NO3. The Hall–Kier alpha value is -0.450. The van der Waals surface area contributed by atoms with E-state index in [0.29, 0.717) is 0 Å². The van der Waals surface area contributed by atoms with Gasteiger partial charge in [-0.2, -0.15) is 0 Å². The molecule has 2 aliphatic rings. The highest BCUT2D eigenvalue weighted by Gasteiger charge is 2.45. The first-order chi connectivity index (χ1) is 7.79. The third-order valence-electron chi connectivity index (χ3n) is 3.84. The van der Waals surface area contributed by atoms with Gasteiger partial charge in [0.05, 0.1) is 18.8 Å². The Labute approximate surface area is 96.9 Å². The third-order valence-corrected chi connectivity index (χ3v) is 3.84. The summed E-state index contributed by atoms with van der Waals surface area (Å²) in [5.74, 6) is 0.259. The summed E-state index contributed by atoms with van der Waals surface area (Å²) in [7, 11) is 1.60. The second-order valence-electron chi connectivity index (χ2n) is 4.69. The van der Waals surface area contributed by atoms with Gasteiger partial charge in [0.25, 0.3) is 0 Å². The molecule has 2 rings (SSSR count). The van der Waals surface area contributed by atoms with Crippen LogP contribution in [-0.4, -0.2) is 56.2 Å². The van der Waals surface area contributed by atoms with Gasteiger partial charge in [0, 0.05) is 20.2 Å². The van der Waals surface area contributed by atoms with Gasteiger partial charge in [-0.1, -0.05) is 12.8 Å². The van der Waals surface area contributed by atoms with Gasteiger partial charge in [-0.3, -0.25) is 9.69 Å². The van der Waals surface area contributed by atoms with Crippen LogP contribution in [0.1, 0.15) is 25.7 Å². The van der Waals surface area contributed by atoms with Crippen molar-refractivity contribution < 1.29 is 14.3 Å². The summed E-state index contributed by atoms with van der Waals surface area (Å²) in [6.45, 7) is 3.52. The Kier molecular flexibility index (Phi) is 3.95.